The third kappa shape index (κ3) is 2.78. The van der Waals surface area contributed by atoms with Crippen molar-refractivity contribution in [3.63, 3.8) is 0 Å². The molecule has 0 bridgehead atoms. The van der Waals surface area contributed by atoms with Gasteiger partial charge >= 0.3 is 0 Å². The minimum absolute atomic E-state index is 0.198. The number of nitrogens with two attached hydrogens (primary N) is 1. The molecule has 0 unspecified atom stereocenters. The van der Waals surface area contributed by atoms with Crippen molar-refractivity contribution in [1.82, 2.24) is 4.90 Å². The minimum Gasteiger partial charge on any atom is -0.345 e. The Bertz CT molecular complexity index is 553. The van der Waals surface area contributed by atoms with Crippen molar-refractivity contribution < 1.29 is 9.59 Å². The molecule has 20 heavy (non-hydrogen) atoms. The van der Waals surface area contributed by atoms with Crippen molar-refractivity contribution in [3.05, 3.63) is 28.8 Å². The van der Waals surface area contributed by atoms with Crippen LogP contribution in [0.2, 0.25) is 5.02 Å². The number of anilines is 1. The van der Waals surface area contributed by atoms with Crippen LogP contribution in [0.15, 0.2) is 18.2 Å². The third-order valence-electron chi connectivity index (χ3n) is 3.56. The van der Waals surface area contributed by atoms with E-state index < -0.39 is 5.54 Å². The summed E-state index contributed by atoms with van der Waals surface area (Å²) in [5.74, 6) is -0.463. The average Bonchev–Trinajstić information content (AvgIpc) is 2.35. The molecule has 1 fully saturated rings. The first-order valence-corrected chi connectivity index (χ1v) is 6.83. The molecular weight excluding hydrogens is 278 g/mol. The van der Waals surface area contributed by atoms with Crippen molar-refractivity contribution in [2.75, 3.05) is 19.4 Å². The van der Waals surface area contributed by atoms with Crippen LogP contribution >= 0.6 is 11.6 Å². The molecule has 0 aromatic heterocycles. The smallest absolute Gasteiger partial charge is 0.255 e. The Labute approximate surface area is 123 Å². The Kier molecular flexibility index (Phi) is 4.01. The van der Waals surface area contributed by atoms with Gasteiger partial charge in [0, 0.05) is 19.1 Å². The van der Waals surface area contributed by atoms with Crippen LogP contribution in [0.25, 0.3) is 0 Å². The summed E-state index contributed by atoms with van der Waals surface area (Å²) in [6.07, 6.45) is 2.27. The second kappa shape index (κ2) is 5.42. The molecule has 0 spiro atoms. The number of benzene rings is 1. The molecule has 6 heteroatoms. The summed E-state index contributed by atoms with van der Waals surface area (Å²) >= 11 is 5.94. The average molecular weight is 296 g/mol. The molecule has 5 nitrogen and oxygen atoms in total. The first kappa shape index (κ1) is 14.8. The first-order chi connectivity index (χ1) is 9.33. The Morgan fingerprint density at radius 1 is 1.35 bits per heavy atom. The minimum atomic E-state index is -0.819. The maximum absolute atomic E-state index is 12.2. The molecular formula is C14H18ClN3O2. The summed E-state index contributed by atoms with van der Waals surface area (Å²) < 4.78 is 0. The van der Waals surface area contributed by atoms with Gasteiger partial charge in [0.15, 0.2) is 0 Å². The topological polar surface area (TPSA) is 75.4 Å². The number of hydrogen-bond acceptors (Lipinski definition) is 3. The van der Waals surface area contributed by atoms with Crippen LogP contribution in [-0.2, 0) is 4.79 Å². The Hall–Kier alpha value is -1.59. The molecule has 0 radical (unpaired) electrons. The van der Waals surface area contributed by atoms with Gasteiger partial charge in [-0.2, -0.15) is 0 Å². The van der Waals surface area contributed by atoms with Crippen molar-refractivity contribution in [3.8, 4) is 0 Å². The van der Waals surface area contributed by atoms with E-state index in [1.54, 1.807) is 32.3 Å². The quantitative estimate of drug-likeness (QED) is 0.894. The van der Waals surface area contributed by atoms with Crippen LogP contribution in [0.3, 0.4) is 0 Å². The summed E-state index contributed by atoms with van der Waals surface area (Å²) in [5.41, 5.74) is 5.96. The van der Waals surface area contributed by atoms with E-state index >= 15 is 0 Å². The summed E-state index contributed by atoms with van der Waals surface area (Å²) in [4.78, 5) is 25.7. The zero-order chi connectivity index (χ0) is 14.9. The lowest BCUT2D eigenvalue weighted by Gasteiger charge is -2.36. The fourth-order valence-electron chi connectivity index (χ4n) is 2.08. The Morgan fingerprint density at radius 3 is 2.50 bits per heavy atom. The molecule has 1 saturated carbocycles. The summed E-state index contributed by atoms with van der Waals surface area (Å²) in [5, 5.41) is 3.19. The van der Waals surface area contributed by atoms with Gasteiger partial charge in [-0.25, -0.2) is 0 Å². The van der Waals surface area contributed by atoms with E-state index in [-0.39, 0.29) is 11.8 Å². The predicted octanol–water partition coefficient (Wildman–Crippen LogP) is 1.86. The SMILES string of the molecule is CN(C)C(=O)c1ccc(Cl)cc1NC(=O)C1(N)CCC1. The molecule has 1 aliphatic rings. The maximum atomic E-state index is 12.2. The normalized spacial score (nSPS) is 16.2. The second-order valence-electron chi connectivity index (χ2n) is 5.35. The van der Waals surface area contributed by atoms with Crippen molar-refractivity contribution in [2.24, 2.45) is 5.73 Å². The summed E-state index contributed by atoms with van der Waals surface area (Å²) in [6, 6.07) is 4.79. The van der Waals surface area contributed by atoms with Gasteiger partial charge in [-0.3, -0.25) is 9.59 Å². The van der Waals surface area contributed by atoms with E-state index in [0.29, 0.717) is 29.1 Å². The highest BCUT2D eigenvalue weighted by Crippen LogP contribution is 2.31. The van der Waals surface area contributed by atoms with Crippen LogP contribution < -0.4 is 11.1 Å². The number of nitrogens with one attached hydrogen (secondary N) is 1. The lowest BCUT2D eigenvalue weighted by molar-refractivity contribution is -0.123. The Balaban J connectivity index is 2.28. The van der Waals surface area contributed by atoms with Crippen molar-refractivity contribution in [2.45, 2.75) is 24.8 Å². The zero-order valence-electron chi connectivity index (χ0n) is 11.6. The molecule has 0 heterocycles. The third-order valence-corrected chi connectivity index (χ3v) is 3.80. The zero-order valence-corrected chi connectivity index (χ0v) is 12.3. The predicted molar refractivity (Wildman–Crippen MR) is 78.9 cm³/mol. The number of nitrogens with zero attached hydrogens (tertiary/aromatic N) is 1. The highest BCUT2D eigenvalue weighted by atomic mass is 35.5. The van der Waals surface area contributed by atoms with Crippen molar-refractivity contribution >= 4 is 29.1 Å². The van der Waals surface area contributed by atoms with E-state index in [0.717, 1.165) is 6.42 Å². The monoisotopic (exact) mass is 295 g/mol. The van der Waals surface area contributed by atoms with Gasteiger partial charge in [-0.1, -0.05) is 11.6 Å². The number of carbonyl (C=O) groups excluding carboxylic acids is 2. The molecule has 3 N–H and O–H groups in total. The molecule has 2 rings (SSSR count). The highest BCUT2D eigenvalue weighted by Gasteiger charge is 2.40. The summed E-state index contributed by atoms with van der Waals surface area (Å²) in [7, 11) is 3.30. The molecule has 108 valence electrons. The molecule has 1 aromatic carbocycles. The van der Waals surface area contributed by atoms with Gasteiger partial charge in [-0.05, 0) is 37.5 Å². The van der Waals surface area contributed by atoms with Gasteiger partial charge in [-0.15, -0.1) is 0 Å². The molecule has 1 aromatic rings. The number of halogens is 1. The lowest BCUT2D eigenvalue weighted by atomic mass is 9.77. The fraction of sp³-hybridized carbons (Fsp3) is 0.429. The van der Waals surface area contributed by atoms with Gasteiger partial charge in [0.1, 0.15) is 0 Å². The molecule has 1 aliphatic carbocycles. The Morgan fingerprint density at radius 2 is 2.00 bits per heavy atom. The van der Waals surface area contributed by atoms with Gasteiger partial charge < -0.3 is 16.0 Å². The maximum Gasteiger partial charge on any atom is 0.255 e. The molecule has 0 saturated heterocycles. The van der Waals surface area contributed by atoms with Crippen LogP contribution in [0.1, 0.15) is 29.6 Å². The molecule has 0 atom stereocenters. The fourth-order valence-corrected chi connectivity index (χ4v) is 2.25. The second-order valence-corrected chi connectivity index (χ2v) is 5.79. The van der Waals surface area contributed by atoms with Gasteiger partial charge in [0.25, 0.3) is 5.91 Å². The summed E-state index contributed by atoms with van der Waals surface area (Å²) in [6.45, 7) is 0. The van der Waals surface area contributed by atoms with E-state index in [2.05, 4.69) is 5.32 Å². The van der Waals surface area contributed by atoms with Crippen LogP contribution in [0, 0.1) is 0 Å². The van der Waals surface area contributed by atoms with E-state index in [1.807, 2.05) is 0 Å². The number of amides is 2. The lowest BCUT2D eigenvalue weighted by Crippen LogP contribution is -2.56. The number of rotatable bonds is 3. The highest BCUT2D eigenvalue weighted by molar-refractivity contribution is 6.31. The first-order valence-electron chi connectivity index (χ1n) is 6.45. The largest absolute Gasteiger partial charge is 0.345 e. The van der Waals surface area contributed by atoms with E-state index in [1.165, 1.54) is 4.90 Å². The van der Waals surface area contributed by atoms with Crippen molar-refractivity contribution in [1.29, 1.82) is 0 Å². The molecule has 0 aliphatic heterocycles. The van der Waals surface area contributed by atoms with Gasteiger partial charge in [0.2, 0.25) is 5.91 Å². The van der Waals surface area contributed by atoms with Crippen LogP contribution in [-0.4, -0.2) is 36.3 Å². The van der Waals surface area contributed by atoms with Gasteiger partial charge in [0.05, 0.1) is 16.8 Å². The number of carbonyl (C=O) groups is 2. The molecule has 2 amide bonds. The van der Waals surface area contributed by atoms with E-state index in [4.69, 9.17) is 17.3 Å². The number of hydrogen-bond donors (Lipinski definition) is 2. The van der Waals surface area contributed by atoms with Crippen LogP contribution in [0.5, 0.6) is 0 Å². The van der Waals surface area contributed by atoms with E-state index in [9.17, 15) is 9.59 Å². The van der Waals surface area contributed by atoms with Crippen LogP contribution in [0.4, 0.5) is 5.69 Å². The standard InChI is InChI=1S/C14H18ClN3O2/c1-18(2)12(19)10-5-4-9(15)8-11(10)17-13(20)14(16)6-3-7-14/h4-5,8H,3,6-7,16H2,1-2H3,(H,17,20).